The summed E-state index contributed by atoms with van der Waals surface area (Å²) in [5.74, 6) is 0. The van der Waals surface area contributed by atoms with E-state index in [0.29, 0.717) is 0 Å². The highest BCUT2D eigenvalue weighted by atomic mass is 32.7. The molecule has 0 fully saturated rings. The number of hydrogen-bond donors (Lipinski definition) is 0. The number of rotatable bonds is 1. The first kappa shape index (κ1) is 4.51. The normalized spacial score (nSPS) is 8.00. The molecule has 0 aromatic rings. The van der Waals surface area contributed by atoms with Gasteiger partial charge in [0.1, 0.15) is 0 Å². The molecule has 0 bridgehead atoms. The molecule has 0 radical (unpaired) electrons. The molecule has 0 aliphatic rings. The standard InChI is InChI=1S/BH2OPS/c1-4-3-2/h1H2. The average molecular weight is 91.9 g/mol. The third kappa shape index (κ3) is 2.51. The highest BCUT2D eigenvalue weighted by molar-refractivity contribution is 8.57. The summed E-state index contributed by atoms with van der Waals surface area (Å²) in [6.07, 6.45) is 0. The van der Waals surface area contributed by atoms with Gasteiger partial charge in [-0.15, -0.1) is 11.2 Å². The van der Waals surface area contributed by atoms with Crippen molar-refractivity contribution in [2.45, 2.75) is 0 Å². The van der Waals surface area contributed by atoms with Crippen molar-refractivity contribution < 1.29 is 4.57 Å². The summed E-state index contributed by atoms with van der Waals surface area (Å²) in [6, 6.07) is 0. The van der Waals surface area contributed by atoms with Gasteiger partial charge in [-0.1, -0.05) is 0 Å². The van der Waals surface area contributed by atoms with Gasteiger partial charge in [0.15, 0.2) is 7.12 Å². The van der Waals surface area contributed by atoms with Crippen LogP contribution >= 0.6 is 18.9 Å². The minimum absolute atomic E-state index is 0.165. The van der Waals surface area contributed by atoms with E-state index in [4.69, 9.17) is 0 Å². The van der Waals surface area contributed by atoms with Crippen LogP contribution in [0.4, 0.5) is 0 Å². The van der Waals surface area contributed by atoms with Crippen molar-refractivity contribution in [3.8, 4) is 0 Å². The van der Waals surface area contributed by atoms with Crippen LogP contribution in [-0.2, 0) is 4.57 Å². The lowest BCUT2D eigenvalue weighted by Gasteiger charge is -1.49. The molecule has 0 N–H and O–H groups in total. The Morgan fingerprint density at radius 2 is 2.25 bits per heavy atom. The Bertz CT molecular complexity index is 22.0. The SMILES string of the molecule is BSP=O. The first-order valence-corrected chi connectivity index (χ1v) is 3.42. The van der Waals surface area contributed by atoms with Crippen LogP contribution in [0.15, 0.2) is 0 Å². The molecule has 0 heterocycles. The molecule has 1 nitrogen and oxygen atoms in total. The van der Waals surface area contributed by atoms with Crippen LogP contribution < -0.4 is 0 Å². The highest BCUT2D eigenvalue weighted by Crippen LogP contribution is 2.07. The minimum atomic E-state index is 0.165. The second-order valence-electron chi connectivity index (χ2n) is 0.257. The van der Waals surface area contributed by atoms with E-state index in [-0.39, 0.29) is 7.66 Å². The third-order valence-electron chi connectivity index (χ3n) is 0.0745. The first-order valence-electron chi connectivity index (χ1n) is 0.773. The molecule has 0 aliphatic carbocycles. The fraction of sp³-hybridized carbons (Fsp3) is 0. The molecule has 0 amide bonds. The largest absolute Gasteiger partial charge is 0.263 e. The fourth-order valence-corrected chi connectivity index (χ4v) is 0. The summed E-state index contributed by atoms with van der Waals surface area (Å²) in [4.78, 5) is 0. The van der Waals surface area contributed by atoms with E-state index >= 15 is 0 Å². The number of hydrogen-bond acceptors (Lipinski definition) is 2. The van der Waals surface area contributed by atoms with Crippen LogP contribution in [0.2, 0.25) is 0 Å². The Kier molecular flexibility index (Phi) is 3.97. The molecule has 4 heteroatoms. The zero-order valence-corrected chi connectivity index (χ0v) is 3.97. The van der Waals surface area contributed by atoms with E-state index in [1.807, 2.05) is 0 Å². The van der Waals surface area contributed by atoms with Gasteiger partial charge in [0.05, 0.1) is 0 Å². The molecular formula is H2BOPS. The summed E-state index contributed by atoms with van der Waals surface area (Å²) in [5, 5.41) is 0. The van der Waals surface area contributed by atoms with Gasteiger partial charge >= 0.3 is 0 Å². The average Bonchev–Trinajstić information content (AvgIpc) is 1.37. The molecule has 0 aromatic heterocycles. The fourth-order valence-electron chi connectivity index (χ4n) is 0. The summed E-state index contributed by atoms with van der Waals surface area (Å²) < 4.78 is 9.23. The Balaban J connectivity index is 2.30. The van der Waals surface area contributed by atoms with Gasteiger partial charge in [-0.25, -0.2) is 0 Å². The Morgan fingerprint density at radius 3 is 2.25 bits per heavy atom. The monoisotopic (exact) mass is 92.0 g/mol. The van der Waals surface area contributed by atoms with Gasteiger partial charge in [0.25, 0.3) is 0 Å². The Labute approximate surface area is 31.4 Å². The molecule has 22 valence electrons. The second-order valence-corrected chi connectivity index (χ2v) is 2.31. The van der Waals surface area contributed by atoms with Crippen LogP contribution in [-0.4, -0.2) is 7.12 Å². The lowest BCUT2D eigenvalue weighted by atomic mass is 10.8. The summed E-state index contributed by atoms with van der Waals surface area (Å²) in [5.41, 5.74) is 0. The first-order chi connectivity index (χ1) is 1.91. The van der Waals surface area contributed by atoms with Crippen molar-refractivity contribution in [2.24, 2.45) is 0 Å². The minimum Gasteiger partial charge on any atom is -0.263 e. The van der Waals surface area contributed by atoms with Crippen LogP contribution in [0.3, 0.4) is 0 Å². The predicted molar refractivity (Wildman–Crippen MR) is 23.7 cm³/mol. The quantitative estimate of drug-likeness (QED) is 0.345. The van der Waals surface area contributed by atoms with Crippen molar-refractivity contribution in [2.75, 3.05) is 0 Å². The maximum atomic E-state index is 9.23. The zero-order valence-electron chi connectivity index (χ0n) is 2.26. The predicted octanol–water partition coefficient (Wildman–Crippen LogP) is 0.474. The lowest BCUT2D eigenvalue weighted by Crippen LogP contribution is -1.20. The molecule has 4 heavy (non-hydrogen) atoms. The van der Waals surface area contributed by atoms with Gasteiger partial charge in [-0.3, -0.25) is 4.57 Å². The topological polar surface area (TPSA) is 17.1 Å². The second kappa shape index (κ2) is 3.51. The van der Waals surface area contributed by atoms with E-state index < -0.39 is 0 Å². The zero-order chi connectivity index (χ0) is 3.41. The molecule has 0 aromatic carbocycles. The molecule has 0 atom stereocenters. The van der Waals surface area contributed by atoms with Crippen molar-refractivity contribution in [1.29, 1.82) is 0 Å². The van der Waals surface area contributed by atoms with Crippen molar-refractivity contribution in [1.82, 2.24) is 0 Å². The smallest absolute Gasteiger partial charge is 0.214 e. The third-order valence-corrected chi connectivity index (χ3v) is 0.671. The summed E-state index contributed by atoms with van der Waals surface area (Å²) >= 11 is 1.27. The lowest BCUT2D eigenvalue weighted by molar-refractivity contribution is 0.605. The van der Waals surface area contributed by atoms with Gasteiger partial charge < -0.3 is 0 Å². The maximum Gasteiger partial charge on any atom is 0.214 e. The molecule has 0 rings (SSSR count). The highest BCUT2D eigenvalue weighted by Gasteiger charge is 1.55. The van der Waals surface area contributed by atoms with E-state index in [9.17, 15) is 4.57 Å². The van der Waals surface area contributed by atoms with Gasteiger partial charge in [-0.2, -0.15) is 0 Å². The van der Waals surface area contributed by atoms with Crippen molar-refractivity contribution >= 4 is 26.0 Å². The van der Waals surface area contributed by atoms with Gasteiger partial charge in [-0.05, 0) is 0 Å². The van der Waals surface area contributed by atoms with E-state index in [0.717, 1.165) is 0 Å². The van der Waals surface area contributed by atoms with Crippen LogP contribution in [0.5, 0.6) is 0 Å². The van der Waals surface area contributed by atoms with Crippen LogP contribution in [0.1, 0.15) is 0 Å². The maximum absolute atomic E-state index is 9.23. The van der Waals surface area contributed by atoms with Crippen LogP contribution in [0.25, 0.3) is 0 Å². The Morgan fingerprint density at radius 1 is 2.00 bits per heavy atom. The molecule has 0 saturated heterocycles. The Hall–Kier alpha value is 0.515. The van der Waals surface area contributed by atoms with Gasteiger partial charge in [0.2, 0.25) is 7.66 Å². The summed E-state index contributed by atoms with van der Waals surface area (Å²) in [6.45, 7) is 0. The molecule has 0 saturated carbocycles. The van der Waals surface area contributed by atoms with Crippen LogP contribution in [0, 0.1) is 0 Å². The molecule has 0 aliphatic heterocycles. The van der Waals surface area contributed by atoms with E-state index in [2.05, 4.69) is 0 Å². The van der Waals surface area contributed by atoms with Crippen molar-refractivity contribution in [3.05, 3.63) is 0 Å². The van der Waals surface area contributed by atoms with Crippen molar-refractivity contribution in [3.63, 3.8) is 0 Å². The summed E-state index contributed by atoms with van der Waals surface area (Å²) in [7, 11) is 1.94. The van der Waals surface area contributed by atoms with Gasteiger partial charge in [0, 0.05) is 0 Å². The molecule has 0 spiro atoms. The van der Waals surface area contributed by atoms with E-state index in [1.165, 1.54) is 11.2 Å². The van der Waals surface area contributed by atoms with E-state index in [1.54, 1.807) is 7.12 Å². The molecule has 0 unspecified atom stereocenters. The molecular weight excluding hydrogens is 89.9 g/mol.